The van der Waals surface area contributed by atoms with Crippen LogP contribution in [0, 0.1) is 39.4 Å². The molecule has 3 unspecified atom stereocenters. The smallest absolute Gasteiger partial charge is 0.328 e. The van der Waals surface area contributed by atoms with Gasteiger partial charge in [0.15, 0.2) is 6.29 Å². The largest absolute Gasteiger partial charge is 0.467 e. The highest BCUT2D eigenvalue weighted by Crippen LogP contribution is 2.73. The number of hydrogen-bond donors (Lipinski definition) is 6. The molecule has 0 radical (unpaired) electrons. The normalized spacial score (nSPS) is 38.7. The monoisotopic (exact) mass is 811 g/mol. The number of rotatable bonds is 11. The number of ether oxygens (including phenoxy) is 3. The van der Waals surface area contributed by atoms with Crippen LogP contribution < -0.4 is 5.32 Å². The molecular formula is C46H69NO11. The fraction of sp³-hybridized carbons (Fsp3) is 0.761. The van der Waals surface area contributed by atoms with E-state index in [9.17, 15) is 39.9 Å². The molecule has 5 aliphatic rings. The van der Waals surface area contributed by atoms with Crippen molar-refractivity contribution in [3.05, 3.63) is 47.0 Å². The lowest BCUT2D eigenvalue weighted by Crippen LogP contribution is -2.62. The van der Waals surface area contributed by atoms with Crippen LogP contribution in [0.5, 0.6) is 0 Å². The first-order valence-corrected chi connectivity index (χ1v) is 21.4. The Morgan fingerprint density at radius 1 is 0.931 bits per heavy atom. The van der Waals surface area contributed by atoms with Crippen LogP contribution in [0.2, 0.25) is 0 Å². The summed E-state index contributed by atoms with van der Waals surface area (Å²) >= 11 is 0. The fourth-order valence-corrected chi connectivity index (χ4v) is 12.9. The van der Waals surface area contributed by atoms with Crippen molar-refractivity contribution >= 4 is 17.8 Å². The second kappa shape index (κ2) is 15.9. The molecule has 3 fully saturated rings. The minimum atomic E-state index is -1.80. The molecule has 12 heteroatoms. The summed E-state index contributed by atoms with van der Waals surface area (Å²) in [5, 5.41) is 60.0. The van der Waals surface area contributed by atoms with Gasteiger partial charge in [0.1, 0.15) is 12.1 Å². The van der Waals surface area contributed by atoms with Crippen molar-refractivity contribution in [1.29, 1.82) is 0 Å². The van der Waals surface area contributed by atoms with Crippen molar-refractivity contribution < 1.29 is 54.1 Å². The number of fused-ring (bicyclic) bond motifs is 4. The zero-order chi connectivity index (χ0) is 42.8. The average Bonchev–Trinajstić information content (AvgIpc) is 3.41. The van der Waals surface area contributed by atoms with E-state index in [-0.39, 0.29) is 29.6 Å². The molecule has 6 rings (SSSR count). The highest BCUT2D eigenvalue weighted by Gasteiger charge is 2.68. The van der Waals surface area contributed by atoms with Gasteiger partial charge in [0.25, 0.3) is 0 Å². The molecular weight excluding hydrogens is 743 g/mol. The van der Waals surface area contributed by atoms with E-state index in [0.29, 0.717) is 25.7 Å². The van der Waals surface area contributed by atoms with Crippen LogP contribution in [0.3, 0.4) is 0 Å². The van der Waals surface area contributed by atoms with E-state index in [1.54, 1.807) is 13.8 Å². The molecule has 1 saturated heterocycles. The molecule has 1 amide bonds. The second-order valence-electron chi connectivity index (χ2n) is 20.5. The molecule has 1 aromatic carbocycles. The lowest BCUT2D eigenvalue weighted by molar-refractivity contribution is -0.251. The highest BCUT2D eigenvalue weighted by atomic mass is 16.6. The molecule has 0 bridgehead atoms. The number of aliphatic hydroxyl groups is 5. The van der Waals surface area contributed by atoms with E-state index in [0.717, 1.165) is 31.2 Å². The van der Waals surface area contributed by atoms with Crippen LogP contribution in [-0.2, 0) is 35.0 Å². The van der Waals surface area contributed by atoms with Gasteiger partial charge in [-0.3, -0.25) is 9.59 Å². The molecule has 1 aromatic rings. The molecule has 6 N–H and O–H groups in total. The van der Waals surface area contributed by atoms with Crippen LogP contribution in [0.4, 0.5) is 0 Å². The average molecular weight is 812 g/mol. The van der Waals surface area contributed by atoms with Crippen molar-refractivity contribution in [3.8, 4) is 0 Å². The zero-order valence-electron chi connectivity index (χ0n) is 36.0. The third-order valence-electron chi connectivity index (χ3n) is 16.0. The van der Waals surface area contributed by atoms with E-state index in [2.05, 4.69) is 26.1 Å². The molecule has 324 valence electrons. The predicted molar refractivity (Wildman–Crippen MR) is 216 cm³/mol. The molecule has 0 spiro atoms. The van der Waals surface area contributed by atoms with Gasteiger partial charge in [0.2, 0.25) is 5.91 Å². The molecule has 58 heavy (non-hydrogen) atoms. The Kier molecular flexibility index (Phi) is 12.2. The molecule has 0 aromatic heterocycles. The van der Waals surface area contributed by atoms with E-state index in [4.69, 9.17) is 14.2 Å². The first-order chi connectivity index (χ1) is 26.9. The SMILES string of the molecule is COC(=O)C(Cc1ccccc1)NC(=O)CC(C)(O)CC(=O)O[C@H]1[C@H](O)C[C@]2(C)C3=C(CC[C@H]2C1(C)C)[C@]1(C)CC[C@H]([C@H]2CC[C@H](C(C)(C)O)OC2O)[C@@]1(C)[C@@H](O)C3. The Balaban J connectivity index is 1.14. The maximum Gasteiger partial charge on any atom is 0.328 e. The van der Waals surface area contributed by atoms with Gasteiger partial charge in [-0.15, -0.1) is 0 Å². The Morgan fingerprint density at radius 3 is 2.22 bits per heavy atom. The van der Waals surface area contributed by atoms with Gasteiger partial charge in [0, 0.05) is 23.2 Å². The van der Waals surface area contributed by atoms with Gasteiger partial charge < -0.3 is 45.1 Å². The number of carbonyl (C=O) groups is 3. The van der Waals surface area contributed by atoms with Crippen LogP contribution in [0.15, 0.2) is 41.5 Å². The fourth-order valence-electron chi connectivity index (χ4n) is 12.9. The van der Waals surface area contributed by atoms with Crippen LogP contribution in [0.1, 0.15) is 125 Å². The number of amides is 1. The third-order valence-corrected chi connectivity index (χ3v) is 16.0. The minimum absolute atomic E-state index is 0.01000. The molecule has 4 aliphatic carbocycles. The van der Waals surface area contributed by atoms with Gasteiger partial charge in [-0.2, -0.15) is 0 Å². The van der Waals surface area contributed by atoms with E-state index >= 15 is 0 Å². The number of allylic oxidation sites excluding steroid dienone is 1. The van der Waals surface area contributed by atoms with Crippen LogP contribution in [-0.4, -0.2) is 98.4 Å². The summed E-state index contributed by atoms with van der Waals surface area (Å²) in [6.07, 6.45) is 0.638. The van der Waals surface area contributed by atoms with Crippen molar-refractivity contribution in [2.75, 3.05) is 7.11 Å². The van der Waals surface area contributed by atoms with E-state index in [1.165, 1.54) is 25.2 Å². The first-order valence-electron chi connectivity index (χ1n) is 21.4. The maximum atomic E-state index is 13.5. The Morgan fingerprint density at radius 2 is 1.60 bits per heavy atom. The summed E-state index contributed by atoms with van der Waals surface area (Å²) in [6.45, 7) is 15.5. The lowest BCUT2D eigenvalue weighted by atomic mass is 9.42. The predicted octanol–water partition coefficient (Wildman–Crippen LogP) is 4.91. The Hall–Kier alpha value is -2.87. The topological polar surface area (TPSA) is 192 Å². The molecule has 13 atom stereocenters. The minimum Gasteiger partial charge on any atom is -0.467 e. The number of benzene rings is 1. The summed E-state index contributed by atoms with van der Waals surface area (Å²) in [6, 6.07) is 8.18. The van der Waals surface area contributed by atoms with Crippen LogP contribution in [0.25, 0.3) is 0 Å². The molecule has 1 aliphatic heterocycles. The van der Waals surface area contributed by atoms with Gasteiger partial charge in [0.05, 0.1) is 49.5 Å². The number of methoxy groups -OCH3 is 1. The number of nitrogens with one attached hydrogen (secondary N) is 1. The zero-order valence-corrected chi connectivity index (χ0v) is 36.0. The van der Waals surface area contributed by atoms with E-state index < -0.39 is 94.9 Å². The summed E-state index contributed by atoms with van der Waals surface area (Å²) < 4.78 is 17.0. The van der Waals surface area contributed by atoms with Gasteiger partial charge >= 0.3 is 11.9 Å². The first kappa shape index (κ1) is 44.7. The second-order valence-corrected chi connectivity index (χ2v) is 20.5. The molecule has 1 heterocycles. The standard InChI is InChI=1S/C46H69NO11/c1-41(2)33-17-16-29-30(22-34(49)46(8)28(19-20-45(29,46)7)27-15-18-35(42(3,4)54)57-39(27)52)44(33,6)23-32(48)38(41)58-37(51)25-43(5,55)24-36(50)47-31(40(53)56-9)21-26-13-11-10-12-14-26/h10-14,27-28,31-35,38-39,48-49,52,54-55H,15-25H2,1-9H3,(H,47,50)/t27-,28-,31?,32-,33+,34+,35-,38+,39?,43?,44-,45+,46+/m1/s1. The van der Waals surface area contributed by atoms with Crippen LogP contribution >= 0.6 is 0 Å². The summed E-state index contributed by atoms with van der Waals surface area (Å²) in [5.74, 6) is -2.12. The highest BCUT2D eigenvalue weighted by molar-refractivity contribution is 5.85. The summed E-state index contributed by atoms with van der Waals surface area (Å²) in [7, 11) is 1.24. The van der Waals surface area contributed by atoms with Gasteiger partial charge in [-0.25, -0.2) is 4.79 Å². The Bertz CT molecular complexity index is 1740. The summed E-state index contributed by atoms with van der Waals surface area (Å²) in [4.78, 5) is 39.1. The van der Waals surface area contributed by atoms with Crippen molar-refractivity contribution in [1.82, 2.24) is 5.32 Å². The van der Waals surface area contributed by atoms with E-state index in [1.807, 2.05) is 44.2 Å². The van der Waals surface area contributed by atoms with Crippen molar-refractivity contribution in [2.24, 2.45) is 39.4 Å². The quantitative estimate of drug-likeness (QED) is 0.132. The number of aliphatic hydroxyl groups excluding tert-OH is 3. The maximum absolute atomic E-state index is 13.5. The van der Waals surface area contributed by atoms with Crippen molar-refractivity contribution in [3.63, 3.8) is 0 Å². The van der Waals surface area contributed by atoms with Gasteiger partial charge in [-0.05, 0) is 100 Å². The lowest BCUT2D eigenvalue weighted by Gasteiger charge is -2.64. The number of carbonyl (C=O) groups excluding carboxylic acids is 3. The van der Waals surface area contributed by atoms with Crippen molar-refractivity contribution in [2.45, 2.75) is 174 Å². The molecule has 12 nitrogen and oxygen atoms in total. The Labute approximate surface area is 344 Å². The third kappa shape index (κ3) is 7.91. The number of esters is 2. The summed E-state index contributed by atoms with van der Waals surface area (Å²) in [5.41, 5.74) is -1.49. The number of hydrogen-bond acceptors (Lipinski definition) is 11. The molecule has 2 saturated carbocycles. The van der Waals surface area contributed by atoms with Gasteiger partial charge in [-0.1, -0.05) is 76.1 Å².